The Hall–Kier alpha value is -0.830. The summed E-state index contributed by atoms with van der Waals surface area (Å²) in [6, 6.07) is 0. The monoisotopic (exact) mass is 180 g/mol. The second-order valence-electron chi connectivity index (χ2n) is 4.63. The number of fused-ring (bicyclic) bond motifs is 1. The third-order valence-corrected chi connectivity index (χ3v) is 2.90. The number of aryl methyl sites for hydroxylation is 1. The molecule has 0 unspecified atom stereocenters. The summed E-state index contributed by atoms with van der Waals surface area (Å²) in [7, 11) is 0. The zero-order valence-corrected chi connectivity index (χ0v) is 8.22. The predicted octanol–water partition coefficient (Wildman–Crippen LogP) is 1.42. The zero-order valence-electron chi connectivity index (χ0n) is 8.22. The molecule has 1 aliphatic carbocycles. The molecule has 1 aliphatic rings. The van der Waals surface area contributed by atoms with Crippen LogP contribution in [-0.4, -0.2) is 15.3 Å². The summed E-state index contributed by atoms with van der Waals surface area (Å²) in [6.07, 6.45) is 3.30. The van der Waals surface area contributed by atoms with Crippen molar-refractivity contribution < 1.29 is 5.11 Å². The molecular formula is C10H16N2O. The highest BCUT2D eigenvalue weighted by Gasteiger charge is 2.28. The topological polar surface area (TPSA) is 48.9 Å². The number of hydrogen-bond acceptors (Lipinski definition) is 2. The molecule has 0 saturated carbocycles. The lowest BCUT2D eigenvalue weighted by atomic mass is 9.76. The van der Waals surface area contributed by atoms with E-state index >= 15 is 0 Å². The molecule has 3 nitrogen and oxygen atoms in total. The van der Waals surface area contributed by atoms with E-state index in [0.29, 0.717) is 5.41 Å². The Morgan fingerprint density at radius 3 is 3.00 bits per heavy atom. The molecule has 0 fully saturated rings. The maximum atomic E-state index is 9.07. The van der Waals surface area contributed by atoms with E-state index in [4.69, 9.17) is 5.11 Å². The molecule has 72 valence electrons. The SMILES string of the molecule is CC1(C)CCc2[nH]nc(CO)c2C1. The van der Waals surface area contributed by atoms with Crippen molar-refractivity contribution in [1.29, 1.82) is 0 Å². The van der Waals surface area contributed by atoms with E-state index in [2.05, 4.69) is 24.0 Å². The van der Waals surface area contributed by atoms with Crippen molar-refractivity contribution >= 4 is 0 Å². The summed E-state index contributed by atoms with van der Waals surface area (Å²) in [5, 5.41) is 16.2. The van der Waals surface area contributed by atoms with Crippen LogP contribution in [0.4, 0.5) is 0 Å². The van der Waals surface area contributed by atoms with Gasteiger partial charge in [-0.25, -0.2) is 0 Å². The van der Waals surface area contributed by atoms with E-state index in [1.54, 1.807) is 0 Å². The van der Waals surface area contributed by atoms with Gasteiger partial charge in [0.2, 0.25) is 0 Å². The number of nitrogens with one attached hydrogen (secondary N) is 1. The van der Waals surface area contributed by atoms with E-state index in [9.17, 15) is 0 Å². The molecule has 13 heavy (non-hydrogen) atoms. The largest absolute Gasteiger partial charge is 0.390 e. The Morgan fingerprint density at radius 2 is 2.31 bits per heavy atom. The van der Waals surface area contributed by atoms with E-state index in [0.717, 1.165) is 18.5 Å². The number of aromatic nitrogens is 2. The molecule has 0 bridgehead atoms. The van der Waals surface area contributed by atoms with E-state index in [-0.39, 0.29) is 6.61 Å². The van der Waals surface area contributed by atoms with Crippen LogP contribution in [0.3, 0.4) is 0 Å². The third kappa shape index (κ3) is 1.48. The van der Waals surface area contributed by atoms with Crippen LogP contribution in [0.15, 0.2) is 0 Å². The molecule has 0 aliphatic heterocycles. The average molecular weight is 180 g/mol. The lowest BCUT2D eigenvalue weighted by Gasteiger charge is -2.29. The highest BCUT2D eigenvalue weighted by Crippen LogP contribution is 2.35. The molecule has 1 heterocycles. The minimum absolute atomic E-state index is 0.0575. The maximum absolute atomic E-state index is 9.07. The molecule has 0 saturated heterocycles. The first-order chi connectivity index (χ1) is 6.12. The summed E-state index contributed by atoms with van der Waals surface area (Å²) in [5.41, 5.74) is 3.67. The number of rotatable bonds is 1. The highest BCUT2D eigenvalue weighted by atomic mass is 16.3. The van der Waals surface area contributed by atoms with Gasteiger partial charge in [0.25, 0.3) is 0 Å². The van der Waals surface area contributed by atoms with Gasteiger partial charge in [-0.2, -0.15) is 5.10 Å². The number of aromatic amines is 1. The standard InChI is InChI=1S/C10H16N2O/c1-10(2)4-3-8-7(5-10)9(6-13)12-11-8/h13H,3-6H2,1-2H3,(H,11,12). The number of hydrogen-bond donors (Lipinski definition) is 2. The van der Waals surface area contributed by atoms with Gasteiger partial charge < -0.3 is 5.11 Å². The fraction of sp³-hybridized carbons (Fsp3) is 0.700. The van der Waals surface area contributed by atoms with Crippen molar-refractivity contribution in [2.45, 2.75) is 39.7 Å². The number of H-pyrrole nitrogens is 1. The summed E-state index contributed by atoms with van der Waals surface area (Å²) in [6.45, 7) is 4.59. The van der Waals surface area contributed by atoms with Gasteiger partial charge in [-0.05, 0) is 30.2 Å². The second-order valence-corrected chi connectivity index (χ2v) is 4.63. The first-order valence-electron chi connectivity index (χ1n) is 4.78. The van der Waals surface area contributed by atoms with Crippen LogP contribution in [0.2, 0.25) is 0 Å². The third-order valence-electron chi connectivity index (χ3n) is 2.90. The van der Waals surface area contributed by atoms with Gasteiger partial charge in [-0.3, -0.25) is 5.10 Å². The summed E-state index contributed by atoms with van der Waals surface area (Å²) in [5.74, 6) is 0. The molecule has 0 amide bonds. The van der Waals surface area contributed by atoms with Crippen LogP contribution in [-0.2, 0) is 19.4 Å². The molecule has 2 rings (SSSR count). The molecule has 2 N–H and O–H groups in total. The number of aliphatic hydroxyl groups is 1. The Morgan fingerprint density at radius 1 is 1.54 bits per heavy atom. The Labute approximate surface area is 78.2 Å². The number of aliphatic hydroxyl groups excluding tert-OH is 1. The molecule has 0 atom stereocenters. The Bertz CT molecular complexity index is 301. The fourth-order valence-corrected chi connectivity index (χ4v) is 2.02. The highest BCUT2D eigenvalue weighted by molar-refractivity contribution is 5.28. The lowest BCUT2D eigenvalue weighted by molar-refractivity contribution is 0.269. The fourth-order valence-electron chi connectivity index (χ4n) is 2.02. The van der Waals surface area contributed by atoms with Crippen molar-refractivity contribution in [3.63, 3.8) is 0 Å². The zero-order chi connectivity index (χ0) is 9.47. The molecule has 0 spiro atoms. The second kappa shape index (κ2) is 2.84. The van der Waals surface area contributed by atoms with Crippen LogP contribution < -0.4 is 0 Å². The van der Waals surface area contributed by atoms with Gasteiger partial charge in [-0.1, -0.05) is 13.8 Å². The minimum atomic E-state index is 0.0575. The van der Waals surface area contributed by atoms with E-state index in [1.807, 2.05) is 0 Å². The molecule has 3 heteroatoms. The first-order valence-corrected chi connectivity index (χ1v) is 4.78. The van der Waals surface area contributed by atoms with Crippen molar-refractivity contribution in [3.05, 3.63) is 17.0 Å². The van der Waals surface area contributed by atoms with Crippen molar-refractivity contribution in [2.75, 3.05) is 0 Å². The first kappa shape index (κ1) is 8.75. The Kier molecular flexibility index (Phi) is 1.91. The van der Waals surface area contributed by atoms with Gasteiger partial charge in [0.05, 0.1) is 12.3 Å². The van der Waals surface area contributed by atoms with Gasteiger partial charge >= 0.3 is 0 Å². The quantitative estimate of drug-likeness (QED) is 0.686. The van der Waals surface area contributed by atoms with Crippen LogP contribution >= 0.6 is 0 Å². The van der Waals surface area contributed by atoms with Gasteiger partial charge in [-0.15, -0.1) is 0 Å². The molecule has 0 radical (unpaired) electrons. The average Bonchev–Trinajstić information content (AvgIpc) is 2.44. The van der Waals surface area contributed by atoms with Crippen LogP contribution in [0.1, 0.15) is 37.2 Å². The van der Waals surface area contributed by atoms with Crippen molar-refractivity contribution in [2.24, 2.45) is 5.41 Å². The van der Waals surface area contributed by atoms with Gasteiger partial charge in [0.1, 0.15) is 0 Å². The molecule has 0 aromatic carbocycles. The maximum Gasteiger partial charge on any atom is 0.0911 e. The van der Waals surface area contributed by atoms with E-state index < -0.39 is 0 Å². The smallest absolute Gasteiger partial charge is 0.0911 e. The number of nitrogens with zero attached hydrogens (tertiary/aromatic N) is 1. The van der Waals surface area contributed by atoms with Gasteiger partial charge in [0.15, 0.2) is 0 Å². The molecular weight excluding hydrogens is 164 g/mol. The van der Waals surface area contributed by atoms with Gasteiger partial charge in [0, 0.05) is 5.69 Å². The lowest BCUT2D eigenvalue weighted by Crippen LogP contribution is -2.22. The van der Waals surface area contributed by atoms with Crippen LogP contribution in [0.5, 0.6) is 0 Å². The summed E-state index contributed by atoms with van der Waals surface area (Å²) >= 11 is 0. The van der Waals surface area contributed by atoms with Crippen molar-refractivity contribution in [3.8, 4) is 0 Å². The van der Waals surface area contributed by atoms with E-state index in [1.165, 1.54) is 17.7 Å². The van der Waals surface area contributed by atoms with Crippen molar-refractivity contribution in [1.82, 2.24) is 10.2 Å². The normalized spacial score (nSPS) is 19.9. The molecule has 1 aromatic rings. The van der Waals surface area contributed by atoms with Crippen LogP contribution in [0, 0.1) is 5.41 Å². The summed E-state index contributed by atoms with van der Waals surface area (Å²) in [4.78, 5) is 0. The van der Waals surface area contributed by atoms with Crippen LogP contribution in [0.25, 0.3) is 0 Å². The molecule has 1 aromatic heterocycles. The summed E-state index contributed by atoms with van der Waals surface area (Å²) < 4.78 is 0. The Balaban J connectivity index is 2.36. The minimum Gasteiger partial charge on any atom is -0.390 e. The predicted molar refractivity (Wildman–Crippen MR) is 50.3 cm³/mol.